The largest absolute Gasteiger partial charge is 0.480 e. The molecule has 0 spiro atoms. The molecule has 0 aromatic rings. The number of rotatable bonds is 5. The van der Waals surface area contributed by atoms with Crippen molar-refractivity contribution in [3.05, 3.63) is 0 Å². The summed E-state index contributed by atoms with van der Waals surface area (Å²) in [5.41, 5.74) is 0. The van der Waals surface area contributed by atoms with Gasteiger partial charge in [0.15, 0.2) is 5.78 Å². The zero-order valence-electron chi connectivity index (χ0n) is 6.61. The molecule has 0 bridgehead atoms. The maximum absolute atomic E-state index is 10.9. The molecule has 0 aliphatic heterocycles. The van der Waals surface area contributed by atoms with Crippen molar-refractivity contribution in [1.82, 2.24) is 0 Å². The Labute approximate surface area is 69.0 Å². The van der Waals surface area contributed by atoms with Crippen molar-refractivity contribution in [3.8, 4) is 0 Å². The van der Waals surface area contributed by atoms with Gasteiger partial charge in [-0.25, -0.2) is 0 Å². The van der Waals surface area contributed by atoms with Gasteiger partial charge in [-0.05, 0) is 6.42 Å². The molecule has 0 rings (SSSR count). The van der Waals surface area contributed by atoms with Gasteiger partial charge in [-0.1, -0.05) is 6.92 Å². The third-order valence-electron chi connectivity index (χ3n) is 1.31. The summed E-state index contributed by atoms with van der Waals surface area (Å²) in [5.74, 6) is -5.84. The average molecular weight is 174 g/mol. The second-order valence-corrected chi connectivity index (χ2v) is 2.33. The number of aliphatic carboxylic acids is 2. The van der Waals surface area contributed by atoms with Crippen LogP contribution in [-0.2, 0) is 14.4 Å². The van der Waals surface area contributed by atoms with Crippen LogP contribution in [0.15, 0.2) is 0 Å². The molecule has 5 nitrogen and oxygen atoms in total. The molecular weight excluding hydrogens is 164 g/mol. The SMILES string of the molecule is CCCC(=O)C(C(=O)O)C(=O)O. The van der Waals surface area contributed by atoms with E-state index in [1.165, 1.54) is 0 Å². The van der Waals surface area contributed by atoms with Gasteiger partial charge in [0, 0.05) is 6.42 Å². The van der Waals surface area contributed by atoms with Crippen LogP contribution in [0.25, 0.3) is 0 Å². The zero-order valence-corrected chi connectivity index (χ0v) is 6.61. The molecule has 0 heterocycles. The summed E-state index contributed by atoms with van der Waals surface area (Å²) in [5, 5.41) is 16.7. The first kappa shape index (κ1) is 10.6. The van der Waals surface area contributed by atoms with Crippen LogP contribution in [0, 0.1) is 5.92 Å². The van der Waals surface area contributed by atoms with Crippen molar-refractivity contribution in [2.75, 3.05) is 0 Å². The molecule has 0 saturated heterocycles. The molecule has 0 unspecified atom stereocenters. The Kier molecular flexibility index (Phi) is 3.96. The summed E-state index contributed by atoms with van der Waals surface area (Å²) >= 11 is 0. The molecule has 0 radical (unpaired) electrons. The molecule has 2 N–H and O–H groups in total. The summed E-state index contributed by atoms with van der Waals surface area (Å²) in [7, 11) is 0. The van der Waals surface area contributed by atoms with Crippen molar-refractivity contribution in [1.29, 1.82) is 0 Å². The summed E-state index contributed by atoms with van der Waals surface area (Å²) in [6, 6.07) is 0. The van der Waals surface area contributed by atoms with Gasteiger partial charge in [-0.3, -0.25) is 14.4 Å². The van der Waals surface area contributed by atoms with Crippen LogP contribution >= 0.6 is 0 Å². The van der Waals surface area contributed by atoms with E-state index in [4.69, 9.17) is 10.2 Å². The highest BCUT2D eigenvalue weighted by Crippen LogP contribution is 2.04. The number of hydrogen-bond acceptors (Lipinski definition) is 3. The Hall–Kier alpha value is -1.39. The standard InChI is InChI=1S/C7H10O5/c1-2-3-4(8)5(6(9)10)7(11)12/h5H,2-3H2,1H3,(H,9,10)(H,11,12). The zero-order chi connectivity index (χ0) is 9.72. The molecule has 68 valence electrons. The molecule has 0 aliphatic rings. The van der Waals surface area contributed by atoms with Gasteiger partial charge in [0.2, 0.25) is 5.92 Å². The van der Waals surface area contributed by atoms with E-state index in [0.29, 0.717) is 6.42 Å². The Balaban J connectivity index is 4.41. The van der Waals surface area contributed by atoms with Gasteiger partial charge in [0.05, 0.1) is 0 Å². The first-order valence-electron chi connectivity index (χ1n) is 3.49. The second-order valence-electron chi connectivity index (χ2n) is 2.33. The van der Waals surface area contributed by atoms with Crippen LogP contribution in [0.1, 0.15) is 19.8 Å². The predicted octanol–water partition coefficient (Wildman–Crippen LogP) is 0.141. The fourth-order valence-electron chi connectivity index (χ4n) is 0.772. The molecule has 12 heavy (non-hydrogen) atoms. The van der Waals surface area contributed by atoms with Crippen LogP contribution in [0.5, 0.6) is 0 Å². The molecule has 5 heteroatoms. The highest BCUT2D eigenvalue weighted by atomic mass is 16.4. The minimum Gasteiger partial charge on any atom is -0.480 e. The second kappa shape index (κ2) is 4.48. The van der Waals surface area contributed by atoms with Crippen molar-refractivity contribution in [3.63, 3.8) is 0 Å². The number of hydrogen-bond donors (Lipinski definition) is 2. The topological polar surface area (TPSA) is 91.7 Å². The fraction of sp³-hybridized carbons (Fsp3) is 0.571. The third-order valence-corrected chi connectivity index (χ3v) is 1.31. The minimum atomic E-state index is -1.90. The lowest BCUT2D eigenvalue weighted by Crippen LogP contribution is -2.31. The molecule has 0 fully saturated rings. The van der Waals surface area contributed by atoms with E-state index >= 15 is 0 Å². The molecule has 0 atom stereocenters. The number of ketones is 1. The van der Waals surface area contributed by atoms with Gasteiger partial charge in [-0.2, -0.15) is 0 Å². The minimum absolute atomic E-state index is 0.0106. The van der Waals surface area contributed by atoms with E-state index in [-0.39, 0.29) is 6.42 Å². The highest BCUT2D eigenvalue weighted by molar-refractivity contribution is 6.13. The van der Waals surface area contributed by atoms with E-state index in [9.17, 15) is 14.4 Å². The Morgan fingerprint density at radius 1 is 1.17 bits per heavy atom. The number of carbonyl (C=O) groups is 3. The Morgan fingerprint density at radius 3 is 1.83 bits per heavy atom. The van der Waals surface area contributed by atoms with Gasteiger partial charge in [0.1, 0.15) is 0 Å². The van der Waals surface area contributed by atoms with Crippen LogP contribution in [0.2, 0.25) is 0 Å². The first-order valence-corrected chi connectivity index (χ1v) is 3.49. The smallest absolute Gasteiger partial charge is 0.325 e. The van der Waals surface area contributed by atoms with Gasteiger partial charge >= 0.3 is 11.9 Å². The Morgan fingerprint density at radius 2 is 1.58 bits per heavy atom. The number of Topliss-reactive ketones (excluding diaryl/α,β-unsaturated/α-hetero) is 1. The third kappa shape index (κ3) is 2.69. The molecule has 0 aromatic heterocycles. The predicted molar refractivity (Wildman–Crippen MR) is 38.7 cm³/mol. The maximum atomic E-state index is 10.9. The molecule has 0 saturated carbocycles. The van der Waals surface area contributed by atoms with E-state index in [1.807, 2.05) is 0 Å². The fourth-order valence-corrected chi connectivity index (χ4v) is 0.772. The number of carbonyl (C=O) groups excluding carboxylic acids is 1. The molecular formula is C7H10O5. The van der Waals surface area contributed by atoms with Gasteiger partial charge < -0.3 is 10.2 Å². The van der Waals surface area contributed by atoms with E-state index in [2.05, 4.69) is 0 Å². The van der Waals surface area contributed by atoms with Crippen molar-refractivity contribution in [2.24, 2.45) is 5.92 Å². The lowest BCUT2D eigenvalue weighted by molar-refractivity contribution is -0.157. The van der Waals surface area contributed by atoms with E-state index in [1.54, 1.807) is 6.92 Å². The average Bonchev–Trinajstić information content (AvgIpc) is 1.85. The van der Waals surface area contributed by atoms with Crippen molar-refractivity contribution >= 4 is 17.7 Å². The quantitative estimate of drug-likeness (QED) is 0.578. The first-order chi connectivity index (χ1) is 5.50. The number of carboxylic acid groups (broad SMARTS) is 2. The normalized spacial score (nSPS) is 9.83. The summed E-state index contributed by atoms with van der Waals surface area (Å²) in [4.78, 5) is 31.4. The van der Waals surface area contributed by atoms with Crippen LogP contribution < -0.4 is 0 Å². The van der Waals surface area contributed by atoms with E-state index < -0.39 is 23.6 Å². The van der Waals surface area contributed by atoms with Gasteiger partial charge in [-0.15, -0.1) is 0 Å². The van der Waals surface area contributed by atoms with Crippen molar-refractivity contribution in [2.45, 2.75) is 19.8 Å². The molecule has 0 aliphatic carbocycles. The number of carboxylic acids is 2. The van der Waals surface area contributed by atoms with Crippen LogP contribution in [0.3, 0.4) is 0 Å². The molecule has 0 aromatic carbocycles. The summed E-state index contributed by atoms with van der Waals surface area (Å²) in [6.45, 7) is 1.68. The lowest BCUT2D eigenvalue weighted by Gasteiger charge is -2.03. The van der Waals surface area contributed by atoms with E-state index in [0.717, 1.165) is 0 Å². The highest BCUT2D eigenvalue weighted by Gasteiger charge is 2.32. The van der Waals surface area contributed by atoms with Gasteiger partial charge in [0.25, 0.3) is 0 Å². The van der Waals surface area contributed by atoms with Crippen molar-refractivity contribution < 1.29 is 24.6 Å². The maximum Gasteiger partial charge on any atom is 0.325 e. The summed E-state index contributed by atoms with van der Waals surface area (Å²) < 4.78 is 0. The lowest BCUT2D eigenvalue weighted by atomic mass is 10.0. The molecule has 0 amide bonds. The Bertz CT molecular complexity index is 194. The van der Waals surface area contributed by atoms with Crippen LogP contribution in [-0.4, -0.2) is 27.9 Å². The van der Waals surface area contributed by atoms with Crippen LogP contribution in [0.4, 0.5) is 0 Å². The monoisotopic (exact) mass is 174 g/mol. The summed E-state index contributed by atoms with van der Waals surface area (Å²) in [6.07, 6.45) is 0.444.